The molecule has 37 heavy (non-hydrogen) atoms. The number of benzene rings is 1. The molecule has 192 valence electrons. The summed E-state index contributed by atoms with van der Waals surface area (Å²) >= 11 is 6.47. The highest BCUT2D eigenvalue weighted by molar-refractivity contribution is 7.90. The smallest absolute Gasteiger partial charge is 0.276 e. The van der Waals surface area contributed by atoms with E-state index < -0.39 is 44.6 Å². The third-order valence-corrected chi connectivity index (χ3v) is 7.88. The fourth-order valence-electron chi connectivity index (χ4n) is 4.54. The predicted octanol–water partition coefficient (Wildman–Crippen LogP) is 4.25. The lowest BCUT2D eigenvalue weighted by molar-refractivity contribution is 0.568. The minimum absolute atomic E-state index is 0.109. The van der Waals surface area contributed by atoms with E-state index in [2.05, 4.69) is 15.1 Å². The molecule has 0 aliphatic heterocycles. The molecule has 1 saturated carbocycles. The summed E-state index contributed by atoms with van der Waals surface area (Å²) in [4.78, 5) is 21.4. The van der Waals surface area contributed by atoms with Crippen molar-refractivity contribution in [1.82, 2.24) is 24.3 Å². The molecule has 0 N–H and O–H groups in total. The van der Waals surface area contributed by atoms with Crippen LogP contribution in [0.3, 0.4) is 0 Å². The zero-order valence-corrected chi connectivity index (χ0v) is 21.4. The predicted molar refractivity (Wildman–Crippen MR) is 134 cm³/mol. The first kappa shape index (κ1) is 21.6. The second-order valence-corrected chi connectivity index (χ2v) is 11.4. The van der Waals surface area contributed by atoms with E-state index in [4.69, 9.17) is 15.7 Å². The molecule has 4 aromatic rings. The molecule has 3 heterocycles. The van der Waals surface area contributed by atoms with E-state index in [0.717, 1.165) is 21.6 Å². The lowest BCUT2D eigenvalue weighted by Crippen LogP contribution is -2.26. The van der Waals surface area contributed by atoms with Crippen LogP contribution in [0.1, 0.15) is 45.0 Å². The first-order valence-corrected chi connectivity index (χ1v) is 13.4. The Morgan fingerprint density at radius 1 is 1.16 bits per heavy atom. The van der Waals surface area contributed by atoms with Gasteiger partial charge in [0.15, 0.2) is 21.5 Å². The Morgan fingerprint density at radius 2 is 1.92 bits per heavy atom. The van der Waals surface area contributed by atoms with E-state index in [0.29, 0.717) is 17.7 Å². The summed E-state index contributed by atoms with van der Waals surface area (Å²) in [6, 6.07) is 3.53. The standard InChI is InChI=1S/C25H22ClF2N5O3S/c1-12-9-29-23(15-6-5-7-18(20(15)27)37(4,35)36)21(28)24(12)33-13(2)31-22(19(26)25(33)34)17-8-16(17)14-10-30-32(3)11-14/h5-7,9-11,16-17H,8H2,1-4H3/t16-,17+/m1/s1/i3D3. The average Bonchev–Trinajstić information content (AvgIpc) is 3.47. The van der Waals surface area contributed by atoms with Crippen molar-refractivity contribution < 1.29 is 21.3 Å². The first-order chi connectivity index (χ1) is 18.6. The number of hydrogen-bond donors (Lipinski definition) is 0. The number of aromatic nitrogens is 5. The Balaban J connectivity index is 1.58. The Morgan fingerprint density at radius 3 is 2.59 bits per heavy atom. The Bertz CT molecular complexity index is 1860. The fourth-order valence-corrected chi connectivity index (χ4v) is 5.57. The molecule has 0 saturated heterocycles. The summed E-state index contributed by atoms with van der Waals surface area (Å²) in [5.74, 6) is -2.52. The topological polar surface area (TPSA) is 99.7 Å². The summed E-state index contributed by atoms with van der Waals surface area (Å²) in [5.41, 5.74) is -0.671. The Labute approximate surface area is 220 Å². The summed E-state index contributed by atoms with van der Waals surface area (Å²) in [6.45, 7) is 0.580. The highest BCUT2D eigenvalue weighted by atomic mass is 35.5. The zero-order chi connectivity index (χ0) is 29.3. The van der Waals surface area contributed by atoms with Gasteiger partial charge in [0.25, 0.3) is 5.56 Å². The molecule has 3 aromatic heterocycles. The van der Waals surface area contributed by atoms with Crippen molar-refractivity contribution in [2.24, 2.45) is 6.98 Å². The number of pyridine rings is 1. The zero-order valence-electron chi connectivity index (χ0n) is 22.8. The third kappa shape index (κ3) is 4.25. The van der Waals surface area contributed by atoms with Gasteiger partial charge in [-0.05, 0) is 49.4 Å². The molecule has 5 rings (SSSR count). The van der Waals surface area contributed by atoms with E-state index in [1.54, 1.807) is 0 Å². The lowest BCUT2D eigenvalue weighted by Gasteiger charge is -2.17. The first-order valence-electron chi connectivity index (χ1n) is 12.6. The van der Waals surface area contributed by atoms with E-state index in [9.17, 15) is 13.2 Å². The van der Waals surface area contributed by atoms with E-state index >= 15 is 8.78 Å². The van der Waals surface area contributed by atoms with Crippen molar-refractivity contribution >= 4 is 21.4 Å². The molecule has 1 aliphatic carbocycles. The maximum absolute atomic E-state index is 16.0. The highest BCUT2D eigenvalue weighted by Gasteiger charge is 2.43. The van der Waals surface area contributed by atoms with Crippen LogP contribution in [-0.4, -0.2) is 39.0 Å². The van der Waals surface area contributed by atoms with Crippen LogP contribution < -0.4 is 5.56 Å². The molecule has 0 bridgehead atoms. The molecule has 0 amide bonds. The van der Waals surface area contributed by atoms with Gasteiger partial charge in [-0.25, -0.2) is 22.2 Å². The van der Waals surface area contributed by atoms with Gasteiger partial charge in [0.05, 0.1) is 17.6 Å². The van der Waals surface area contributed by atoms with Crippen LogP contribution in [0.25, 0.3) is 16.9 Å². The molecular weight excluding hydrogens is 524 g/mol. The number of hydrogen-bond acceptors (Lipinski definition) is 6. The normalized spacial score (nSPS) is 18.8. The lowest BCUT2D eigenvalue weighted by atomic mass is 10.1. The van der Waals surface area contributed by atoms with Crippen molar-refractivity contribution in [3.8, 4) is 16.9 Å². The molecular formula is C25H22ClF2N5O3S. The van der Waals surface area contributed by atoms with Crippen LogP contribution in [-0.2, 0) is 16.8 Å². The number of aryl methyl sites for hydroxylation is 3. The molecule has 0 spiro atoms. The number of rotatable bonds is 5. The van der Waals surface area contributed by atoms with Crippen LogP contribution in [0, 0.1) is 25.5 Å². The Kier molecular flexibility index (Phi) is 5.17. The molecule has 12 heteroatoms. The summed E-state index contributed by atoms with van der Waals surface area (Å²) in [5, 5.41) is 3.66. The van der Waals surface area contributed by atoms with Crippen molar-refractivity contribution in [2.75, 3.05) is 6.26 Å². The second kappa shape index (κ2) is 8.84. The van der Waals surface area contributed by atoms with E-state index in [-0.39, 0.29) is 39.5 Å². The van der Waals surface area contributed by atoms with Crippen molar-refractivity contribution in [3.63, 3.8) is 0 Å². The van der Waals surface area contributed by atoms with Crippen molar-refractivity contribution in [3.05, 3.63) is 86.4 Å². The SMILES string of the molecule is [2H]C([2H])([2H])n1cc([C@H]2C[C@@H]2c2nc(C)n(-c3c(C)cnc(-c4cccc(S(C)(=O)=O)c4F)c3F)c(=O)c2Cl)cn1. The van der Waals surface area contributed by atoms with Gasteiger partial charge in [-0.15, -0.1) is 0 Å². The molecule has 1 aromatic carbocycles. The molecule has 8 nitrogen and oxygen atoms in total. The maximum Gasteiger partial charge on any atom is 0.277 e. The second-order valence-electron chi connectivity index (χ2n) is 9.01. The molecule has 2 atom stereocenters. The van der Waals surface area contributed by atoms with Gasteiger partial charge >= 0.3 is 0 Å². The van der Waals surface area contributed by atoms with Crippen LogP contribution in [0.4, 0.5) is 8.78 Å². The minimum atomic E-state index is -3.95. The van der Waals surface area contributed by atoms with Crippen molar-refractivity contribution in [1.29, 1.82) is 0 Å². The molecule has 0 radical (unpaired) electrons. The maximum atomic E-state index is 16.0. The third-order valence-electron chi connectivity index (χ3n) is 6.41. The van der Waals surface area contributed by atoms with Gasteiger partial charge in [0.1, 0.15) is 21.4 Å². The van der Waals surface area contributed by atoms with Gasteiger partial charge in [-0.2, -0.15) is 5.10 Å². The number of sulfone groups is 1. The molecule has 1 fully saturated rings. The minimum Gasteiger partial charge on any atom is -0.276 e. The summed E-state index contributed by atoms with van der Waals surface area (Å²) in [6.07, 6.45) is 5.52. The van der Waals surface area contributed by atoms with Crippen LogP contribution in [0.2, 0.25) is 5.02 Å². The van der Waals surface area contributed by atoms with Gasteiger partial charge in [-0.3, -0.25) is 19.0 Å². The quantitative estimate of drug-likeness (QED) is 0.370. The van der Waals surface area contributed by atoms with Crippen LogP contribution >= 0.6 is 11.6 Å². The number of halogens is 3. The fraction of sp³-hybridized carbons (Fsp3) is 0.280. The summed E-state index contributed by atoms with van der Waals surface area (Å²) < 4.78 is 79.5. The van der Waals surface area contributed by atoms with Gasteiger partial charge < -0.3 is 0 Å². The highest BCUT2D eigenvalue weighted by Crippen LogP contribution is 2.55. The summed E-state index contributed by atoms with van der Waals surface area (Å²) in [7, 11) is -3.95. The van der Waals surface area contributed by atoms with Gasteiger partial charge in [-0.1, -0.05) is 17.7 Å². The van der Waals surface area contributed by atoms with E-state index in [1.165, 1.54) is 44.6 Å². The molecule has 0 unspecified atom stereocenters. The van der Waals surface area contributed by atoms with E-state index in [1.807, 2.05) is 0 Å². The van der Waals surface area contributed by atoms with Gasteiger partial charge in [0, 0.05) is 41.2 Å². The average molecular weight is 549 g/mol. The van der Waals surface area contributed by atoms with Crippen LogP contribution in [0.5, 0.6) is 0 Å². The van der Waals surface area contributed by atoms with Crippen molar-refractivity contribution in [2.45, 2.75) is 37.0 Å². The number of nitrogens with zero attached hydrogens (tertiary/aromatic N) is 5. The largest absolute Gasteiger partial charge is 0.277 e. The van der Waals surface area contributed by atoms with Gasteiger partial charge in [0.2, 0.25) is 0 Å². The molecule has 1 aliphatic rings. The Hall–Kier alpha value is -3.44. The van der Waals surface area contributed by atoms with Crippen LogP contribution in [0.15, 0.2) is 46.5 Å². The monoisotopic (exact) mass is 548 g/mol.